The summed E-state index contributed by atoms with van der Waals surface area (Å²) in [6.07, 6.45) is 0.666. The zero-order valence-corrected chi connectivity index (χ0v) is 13.4. The van der Waals surface area contributed by atoms with Crippen LogP contribution in [0.15, 0.2) is 24.3 Å². The third-order valence-corrected chi connectivity index (χ3v) is 2.47. The number of benzene rings is 1. The summed E-state index contributed by atoms with van der Waals surface area (Å²) < 4.78 is 10.7. The molecule has 0 saturated carbocycles. The number of nitrogens with one attached hydrogen (secondary N) is 2. The number of carbonyl (C=O) groups is 1. The van der Waals surface area contributed by atoms with Crippen LogP contribution < -0.4 is 15.4 Å². The van der Waals surface area contributed by atoms with E-state index in [4.69, 9.17) is 9.47 Å². The standard InChI is InChI=1S/C16H26N2O3/c1-5-10-17-13-6-8-14(9-7-13)20-12-11-18-15(19)21-16(2,3)4/h6-9,17H,5,10-12H2,1-4H3,(H,18,19). The van der Waals surface area contributed by atoms with Gasteiger partial charge in [0.25, 0.3) is 0 Å². The molecular formula is C16H26N2O3. The first kappa shape index (κ1) is 17.1. The van der Waals surface area contributed by atoms with E-state index in [0.29, 0.717) is 13.2 Å². The number of anilines is 1. The lowest BCUT2D eigenvalue weighted by Gasteiger charge is -2.19. The van der Waals surface area contributed by atoms with Crippen molar-refractivity contribution in [2.45, 2.75) is 39.7 Å². The number of rotatable bonds is 7. The maximum absolute atomic E-state index is 11.4. The Hall–Kier alpha value is -1.91. The van der Waals surface area contributed by atoms with Crippen molar-refractivity contribution < 1.29 is 14.3 Å². The first-order chi connectivity index (χ1) is 9.90. The van der Waals surface area contributed by atoms with Crippen LogP contribution in [-0.2, 0) is 4.74 Å². The van der Waals surface area contributed by atoms with Crippen LogP contribution in [0, 0.1) is 0 Å². The summed E-state index contributed by atoms with van der Waals surface area (Å²) in [7, 11) is 0. The fraction of sp³-hybridized carbons (Fsp3) is 0.562. The van der Waals surface area contributed by atoms with E-state index in [-0.39, 0.29) is 0 Å². The summed E-state index contributed by atoms with van der Waals surface area (Å²) in [6.45, 7) is 9.39. The highest BCUT2D eigenvalue weighted by atomic mass is 16.6. The molecule has 0 aliphatic rings. The number of ether oxygens (including phenoxy) is 2. The molecule has 1 aromatic carbocycles. The fourth-order valence-electron chi connectivity index (χ4n) is 1.57. The third kappa shape index (κ3) is 8.07. The first-order valence-corrected chi connectivity index (χ1v) is 7.34. The molecule has 0 aliphatic heterocycles. The molecule has 0 heterocycles. The van der Waals surface area contributed by atoms with Crippen molar-refractivity contribution in [3.05, 3.63) is 24.3 Å². The van der Waals surface area contributed by atoms with E-state index in [1.165, 1.54) is 0 Å². The number of amides is 1. The van der Waals surface area contributed by atoms with E-state index in [1.807, 2.05) is 45.0 Å². The van der Waals surface area contributed by atoms with E-state index < -0.39 is 11.7 Å². The second kappa shape index (κ2) is 8.39. The van der Waals surface area contributed by atoms with Gasteiger partial charge in [-0.1, -0.05) is 6.92 Å². The van der Waals surface area contributed by atoms with Gasteiger partial charge in [-0.2, -0.15) is 0 Å². The van der Waals surface area contributed by atoms with Crippen molar-refractivity contribution in [3.8, 4) is 5.75 Å². The molecule has 0 atom stereocenters. The maximum atomic E-state index is 11.4. The van der Waals surface area contributed by atoms with E-state index in [9.17, 15) is 4.79 Å². The van der Waals surface area contributed by atoms with Crippen LogP contribution in [0.5, 0.6) is 5.75 Å². The monoisotopic (exact) mass is 294 g/mol. The minimum absolute atomic E-state index is 0.404. The molecular weight excluding hydrogens is 268 g/mol. The van der Waals surface area contributed by atoms with Crippen molar-refractivity contribution >= 4 is 11.8 Å². The average Bonchev–Trinajstić information content (AvgIpc) is 2.41. The summed E-state index contributed by atoms with van der Waals surface area (Å²) in [4.78, 5) is 11.4. The maximum Gasteiger partial charge on any atom is 0.407 e. The van der Waals surface area contributed by atoms with Crippen molar-refractivity contribution in [2.24, 2.45) is 0 Å². The number of hydrogen-bond donors (Lipinski definition) is 2. The predicted molar refractivity (Wildman–Crippen MR) is 85.0 cm³/mol. The van der Waals surface area contributed by atoms with Crippen molar-refractivity contribution in [3.63, 3.8) is 0 Å². The van der Waals surface area contributed by atoms with E-state index in [0.717, 1.165) is 24.4 Å². The Morgan fingerprint density at radius 1 is 1.14 bits per heavy atom. The number of carbonyl (C=O) groups excluding carboxylic acids is 1. The first-order valence-electron chi connectivity index (χ1n) is 7.34. The van der Waals surface area contributed by atoms with Crippen LogP contribution in [0.4, 0.5) is 10.5 Å². The van der Waals surface area contributed by atoms with Gasteiger partial charge in [-0.25, -0.2) is 4.79 Å². The lowest BCUT2D eigenvalue weighted by atomic mass is 10.2. The fourth-order valence-corrected chi connectivity index (χ4v) is 1.57. The summed E-state index contributed by atoms with van der Waals surface area (Å²) in [5.74, 6) is 0.781. The highest BCUT2D eigenvalue weighted by molar-refractivity contribution is 5.67. The molecule has 0 bridgehead atoms. The van der Waals surface area contributed by atoms with Gasteiger partial charge < -0.3 is 20.1 Å². The van der Waals surface area contributed by atoms with E-state index >= 15 is 0 Å². The molecule has 2 N–H and O–H groups in total. The van der Waals surface area contributed by atoms with Gasteiger partial charge in [0.05, 0.1) is 6.54 Å². The molecule has 0 spiro atoms. The zero-order valence-electron chi connectivity index (χ0n) is 13.4. The minimum Gasteiger partial charge on any atom is -0.492 e. The van der Waals surface area contributed by atoms with Gasteiger partial charge in [0.2, 0.25) is 0 Å². The van der Waals surface area contributed by atoms with Crippen LogP contribution in [-0.4, -0.2) is 31.4 Å². The topological polar surface area (TPSA) is 59.6 Å². The predicted octanol–water partition coefficient (Wildman–Crippen LogP) is 3.41. The molecule has 21 heavy (non-hydrogen) atoms. The van der Waals surface area contributed by atoms with Gasteiger partial charge in [-0.05, 0) is 51.5 Å². The quantitative estimate of drug-likeness (QED) is 0.757. The second-order valence-corrected chi connectivity index (χ2v) is 5.73. The highest BCUT2D eigenvalue weighted by Crippen LogP contribution is 2.15. The van der Waals surface area contributed by atoms with Gasteiger partial charge in [0.1, 0.15) is 18.0 Å². The molecule has 1 aromatic rings. The number of alkyl carbamates (subject to hydrolysis) is 1. The lowest BCUT2D eigenvalue weighted by Crippen LogP contribution is -2.34. The SMILES string of the molecule is CCCNc1ccc(OCCNC(=O)OC(C)(C)C)cc1. The molecule has 0 radical (unpaired) electrons. The Kier molecular flexibility index (Phi) is 6.85. The smallest absolute Gasteiger partial charge is 0.407 e. The Bertz CT molecular complexity index is 424. The Labute approximate surface area is 127 Å². The van der Waals surface area contributed by atoms with E-state index in [2.05, 4.69) is 17.6 Å². The van der Waals surface area contributed by atoms with Crippen LogP contribution >= 0.6 is 0 Å². The molecule has 1 rings (SSSR count). The van der Waals surface area contributed by atoms with Crippen molar-refractivity contribution in [1.29, 1.82) is 0 Å². The lowest BCUT2D eigenvalue weighted by molar-refractivity contribution is 0.0520. The third-order valence-electron chi connectivity index (χ3n) is 2.47. The van der Waals surface area contributed by atoms with Crippen molar-refractivity contribution in [1.82, 2.24) is 5.32 Å². The molecule has 5 heteroatoms. The second-order valence-electron chi connectivity index (χ2n) is 5.73. The van der Waals surface area contributed by atoms with Crippen LogP contribution in [0.3, 0.4) is 0 Å². The molecule has 0 unspecified atom stereocenters. The zero-order chi connectivity index (χ0) is 15.7. The Balaban J connectivity index is 2.22. The molecule has 118 valence electrons. The number of hydrogen-bond acceptors (Lipinski definition) is 4. The summed E-state index contributed by atoms with van der Waals surface area (Å²) in [6, 6.07) is 7.77. The van der Waals surface area contributed by atoms with Gasteiger partial charge >= 0.3 is 6.09 Å². The molecule has 1 amide bonds. The average molecular weight is 294 g/mol. The molecule has 0 aromatic heterocycles. The molecule has 0 fully saturated rings. The summed E-state index contributed by atoms with van der Waals surface area (Å²) >= 11 is 0. The van der Waals surface area contributed by atoms with E-state index in [1.54, 1.807) is 0 Å². The summed E-state index contributed by atoms with van der Waals surface area (Å²) in [5.41, 5.74) is 0.600. The van der Waals surface area contributed by atoms with Crippen LogP contribution in [0.25, 0.3) is 0 Å². The Morgan fingerprint density at radius 2 is 1.81 bits per heavy atom. The van der Waals surface area contributed by atoms with Crippen LogP contribution in [0.1, 0.15) is 34.1 Å². The van der Waals surface area contributed by atoms with Gasteiger partial charge in [-0.15, -0.1) is 0 Å². The van der Waals surface area contributed by atoms with Crippen LogP contribution in [0.2, 0.25) is 0 Å². The highest BCUT2D eigenvalue weighted by Gasteiger charge is 2.15. The largest absolute Gasteiger partial charge is 0.492 e. The molecule has 5 nitrogen and oxygen atoms in total. The Morgan fingerprint density at radius 3 is 2.38 bits per heavy atom. The van der Waals surface area contributed by atoms with Gasteiger partial charge in [0, 0.05) is 12.2 Å². The van der Waals surface area contributed by atoms with Crippen molar-refractivity contribution in [2.75, 3.05) is 25.0 Å². The molecule has 0 aliphatic carbocycles. The van der Waals surface area contributed by atoms with Gasteiger partial charge in [0.15, 0.2) is 0 Å². The summed E-state index contributed by atoms with van der Waals surface area (Å²) in [5, 5.41) is 5.95. The van der Waals surface area contributed by atoms with Gasteiger partial charge in [-0.3, -0.25) is 0 Å². The minimum atomic E-state index is -0.480. The molecule has 0 saturated heterocycles. The normalized spacial score (nSPS) is 10.9.